The Morgan fingerprint density at radius 3 is 1.52 bits per heavy atom. The highest BCUT2D eigenvalue weighted by atomic mass is 32.1. The largest absolute Gasteiger partial charge is 0.456 e. The SMILES string of the molecule is c1ccc(-c2nc(-c3ccccc3)nc(-c3ccc4c(c3)sc3cc(-c5cc(-c6ccccc6)c6c(c5)oc5ccccc56)ccc34)n2)cc1. The van der Waals surface area contributed by atoms with Crippen molar-refractivity contribution in [1.82, 2.24) is 15.0 Å². The zero-order chi connectivity index (χ0) is 33.0. The van der Waals surface area contributed by atoms with Gasteiger partial charge in [-0.05, 0) is 52.6 Å². The maximum absolute atomic E-state index is 6.43. The van der Waals surface area contributed by atoms with Crippen molar-refractivity contribution in [3.05, 3.63) is 164 Å². The van der Waals surface area contributed by atoms with E-state index in [1.807, 2.05) is 72.8 Å². The van der Waals surface area contributed by atoms with Crippen LogP contribution >= 0.6 is 11.3 Å². The summed E-state index contributed by atoms with van der Waals surface area (Å²) in [7, 11) is 0. The van der Waals surface area contributed by atoms with Gasteiger partial charge in [0.15, 0.2) is 17.5 Å². The van der Waals surface area contributed by atoms with Crippen LogP contribution in [0.2, 0.25) is 0 Å². The fourth-order valence-corrected chi connectivity index (χ4v) is 8.08. The minimum atomic E-state index is 0.658. The Bertz CT molecular complexity index is 2800. The van der Waals surface area contributed by atoms with Crippen LogP contribution in [0.1, 0.15) is 0 Å². The molecule has 0 bridgehead atoms. The monoisotopic (exact) mass is 657 g/mol. The molecule has 0 saturated heterocycles. The topological polar surface area (TPSA) is 51.8 Å². The smallest absolute Gasteiger partial charge is 0.164 e. The predicted octanol–water partition coefficient (Wildman–Crippen LogP) is 12.5. The molecule has 0 unspecified atom stereocenters. The van der Waals surface area contributed by atoms with Crippen LogP contribution in [-0.4, -0.2) is 15.0 Å². The fourth-order valence-electron chi connectivity index (χ4n) is 6.90. The number of hydrogen-bond acceptors (Lipinski definition) is 5. The number of para-hydroxylation sites is 1. The molecule has 3 aromatic heterocycles. The van der Waals surface area contributed by atoms with Crippen LogP contribution < -0.4 is 0 Å². The summed E-state index contributed by atoms with van der Waals surface area (Å²) in [5, 5.41) is 4.74. The van der Waals surface area contributed by atoms with Crippen molar-refractivity contribution in [3.63, 3.8) is 0 Å². The Morgan fingerprint density at radius 1 is 0.360 bits per heavy atom. The second-order valence-electron chi connectivity index (χ2n) is 12.4. The van der Waals surface area contributed by atoms with E-state index in [0.29, 0.717) is 17.5 Å². The summed E-state index contributed by atoms with van der Waals surface area (Å²) in [6.07, 6.45) is 0. The van der Waals surface area contributed by atoms with Gasteiger partial charge in [-0.3, -0.25) is 0 Å². The third kappa shape index (κ3) is 4.87. The Morgan fingerprint density at radius 2 is 0.880 bits per heavy atom. The van der Waals surface area contributed by atoms with Crippen molar-refractivity contribution in [2.75, 3.05) is 0 Å². The van der Waals surface area contributed by atoms with Crippen LogP contribution in [0.25, 0.3) is 98.5 Å². The first-order valence-electron chi connectivity index (χ1n) is 16.6. The Kier molecular flexibility index (Phi) is 6.64. The molecule has 0 amide bonds. The summed E-state index contributed by atoms with van der Waals surface area (Å²) in [5.41, 5.74) is 9.30. The van der Waals surface area contributed by atoms with Gasteiger partial charge in [0, 0.05) is 47.6 Å². The van der Waals surface area contributed by atoms with Gasteiger partial charge in [-0.15, -0.1) is 11.3 Å². The van der Waals surface area contributed by atoms with Crippen LogP contribution in [0.15, 0.2) is 168 Å². The molecular weight excluding hydrogens is 631 g/mol. The number of aromatic nitrogens is 3. The van der Waals surface area contributed by atoms with Crippen LogP contribution in [-0.2, 0) is 0 Å². The summed E-state index contributed by atoms with van der Waals surface area (Å²) < 4.78 is 8.84. The number of fused-ring (bicyclic) bond motifs is 6. The van der Waals surface area contributed by atoms with Crippen LogP contribution in [0.4, 0.5) is 0 Å². The Labute approximate surface area is 292 Å². The quantitative estimate of drug-likeness (QED) is 0.185. The van der Waals surface area contributed by atoms with Crippen LogP contribution in [0.5, 0.6) is 0 Å². The molecule has 7 aromatic carbocycles. The fraction of sp³-hybridized carbons (Fsp3) is 0. The summed E-state index contributed by atoms with van der Waals surface area (Å²) in [6.45, 7) is 0. The van der Waals surface area contributed by atoms with E-state index in [1.165, 1.54) is 31.3 Å². The third-order valence-corrected chi connectivity index (χ3v) is 10.4. The molecule has 0 aliphatic heterocycles. The molecule has 0 N–H and O–H groups in total. The van der Waals surface area contributed by atoms with E-state index in [2.05, 4.69) is 91.0 Å². The van der Waals surface area contributed by atoms with Crippen LogP contribution in [0, 0.1) is 0 Å². The lowest BCUT2D eigenvalue weighted by molar-refractivity contribution is 0.669. The Hall–Kier alpha value is -6.43. The van der Waals surface area contributed by atoms with Gasteiger partial charge < -0.3 is 4.42 Å². The van der Waals surface area contributed by atoms with Crippen molar-refractivity contribution in [2.45, 2.75) is 0 Å². The van der Waals surface area contributed by atoms with Gasteiger partial charge in [-0.2, -0.15) is 0 Å². The molecule has 0 spiro atoms. The average molecular weight is 658 g/mol. The third-order valence-electron chi connectivity index (χ3n) is 9.33. The maximum atomic E-state index is 6.43. The van der Waals surface area contributed by atoms with Crippen molar-refractivity contribution in [1.29, 1.82) is 0 Å². The number of thiophene rings is 1. The molecule has 50 heavy (non-hydrogen) atoms. The second kappa shape index (κ2) is 11.6. The van der Waals surface area contributed by atoms with Crippen molar-refractivity contribution in [3.8, 4) is 56.4 Å². The molecule has 4 nitrogen and oxygen atoms in total. The lowest BCUT2D eigenvalue weighted by Gasteiger charge is -2.09. The molecule has 234 valence electrons. The molecular formula is C45H27N3OS. The van der Waals surface area contributed by atoms with Gasteiger partial charge in [0.05, 0.1) is 0 Å². The second-order valence-corrected chi connectivity index (χ2v) is 13.5. The molecule has 0 aliphatic carbocycles. The summed E-state index contributed by atoms with van der Waals surface area (Å²) in [6, 6.07) is 56.9. The number of hydrogen-bond donors (Lipinski definition) is 0. The van der Waals surface area contributed by atoms with E-state index < -0.39 is 0 Å². The van der Waals surface area contributed by atoms with Gasteiger partial charge in [0.1, 0.15) is 11.2 Å². The van der Waals surface area contributed by atoms with E-state index in [1.54, 1.807) is 11.3 Å². The predicted molar refractivity (Wildman–Crippen MR) is 207 cm³/mol. The molecule has 10 aromatic rings. The zero-order valence-electron chi connectivity index (χ0n) is 26.7. The first-order chi connectivity index (χ1) is 24.7. The van der Waals surface area contributed by atoms with Gasteiger partial charge >= 0.3 is 0 Å². The van der Waals surface area contributed by atoms with E-state index in [9.17, 15) is 0 Å². The highest BCUT2D eigenvalue weighted by Gasteiger charge is 2.17. The number of benzene rings is 7. The first-order valence-corrected chi connectivity index (χ1v) is 17.4. The van der Waals surface area contributed by atoms with Crippen molar-refractivity contribution in [2.24, 2.45) is 0 Å². The summed E-state index contributed by atoms with van der Waals surface area (Å²) in [5.74, 6) is 1.98. The molecule has 0 saturated carbocycles. The van der Waals surface area contributed by atoms with Crippen molar-refractivity contribution >= 4 is 53.4 Å². The zero-order valence-corrected chi connectivity index (χ0v) is 27.6. The van der Waals surface area contributed by atoms with E-state index in [0.717, 1.165) is 49.8 Å². The molecule has 0 atom stereocenters. The number of nitrogens with zero attached hydrogens (tertiary/aromatic N) is 3. The van der Waals surface area contributed by atoms with Gasteiger partial charge in [-0.25, -0.2) is 15.0 Å². The minimum Gasteiger partial charge on any atom is -0.456 e. The van der Waals surface area contributed by atoms with Crippen LogP contribution in [0.3, 0.4) is 0 Å². The highest BCUT2D eigenvalue weighted by molar-refractivity contribution is 7.25. The molecule has 0 aliphatic rings. The molecule has 10 rings (SSSR count). The highest BCUT2D eigenvalue weighted by Crippen LogP contribution is 2.42. The standard InChI is InChI=1S/C45H27N3OS/c1-4-12-28(13-5-1)37-24-33(25-39-42(37)36-18-10-11-19-38(36)49-39)31-20-22-34-35-23-21-32(27-41(35)50-40(34)26-31)45-47-43(29-14-6-2-7-15-29)46-44(48-45)30-16-8-3-9-17-30/h1-27H. The molecule has 5 heteroatoms. The Balaban J connectivity index is 1.10. The lowest BCUT2D eigenvalue weighted by Crippen LogP contribution is -1.99. The number of rotatable bonds is 5. The summed E-state index contributed by atoms with van der Waals surface area (Å²) in [4.78, 5) is 14.8. The summed E-state index contributed by atoms with van der Waals surface area (Å²) >= 11 is 1.79. The van der Waals surface area contributed by atoms with Gasteiger partial charge in [-0.1, -0.05) is 133 Å². The lowest BCUT2D eigenvalue weighted by atomic mass is 9.94. The van der Waals surface area contributed by atoms with E-state index in [4.69, 9.17) is 19.4 Å². The van der Waals surface area contributed by atoms with Gasteiger partial charge in [0.2, 0.25) is 0 Å². The molecule has 0 radical (unpaired) electrons. The van der Waals surface area contributed by atoms with Gasteiger partial charge in [0.25, 0.3) is 0 Å². The van der Waals surface area contributed by atoms with E-state index in [-0.39, 0.29) is 0 Å². The van der Waals surface area contributed by atoms with Crippen molar-refractivity contribution < 1.29 is 4.42 Å². The number of furan rings is 1. The maximum Gasteiger partial charge on any atom is 0.164 e. The average Bonchev–Trinajstić information content (AvgIpc) is 3.76. The molecule has 3 heterocycles. The molecule has 0 fully saturated rings. The first kappa shape index (κ1) is 28.6. The minimum absolute atomic E-state index is 0.658. The normalized spacial score (nSPS) is 11.6. The van der Waals surface area contributed by atoms with E-state index >= 15 is 0 Å².